The minimum absolute atomic E-state index is 0.0670. The summed E-state index contributed by atoms with van der Waals surface area (Å²) in [5.41, 5.74) is 6.49. The van der Waals surface area contributed by atoms with E-state index in [0.717, 1.165) is 0 Å². The lowest BCUT2D eigenvalue weighted by Gasteiger charge is -2.14. The first-order valence-electron chi connectivity index (χ1n) is 4.14. The van der Waals surface area contributed by atoms with E-state index in [1.807, 2.05) is 6.07 Å². The summed E-state index contributed by atoms with van der Waals surface area (Å²) in [4.78, 5) is 4.85. The average molecular weight is 204 g/mol. The molecule has 1 aliphatic rings. The summed E-state index contributed by atoms with van der Waals surface area (Å²) in [6, 6.07) is 8.72. The van der Waals surface area contributed by atoms with Crippen LogP contribution in [0.4, 0.5) is 5.69 Å². The molecule has 15 heavy (non-hydrogen) atoms. The summed E-state index contributed by atoms with van der Waals surface area (Å²) in [6.45, 7) is 0. The Morgan fingerprint density at radius 1 is 1.47 bits per heavy atom. The molecule has 0 amide bonds. The summed E-state index contributed by atoms with van der Waals surface area (Å²) in [6.07, 6.45) is 1.40. The first-order chi connectivity index (χ1) is 7.20. The number of nitrogens with two attached hydrogens (primary N) is 1. The standard InChI is InChI=1S/C9H8N4O2/c10-5-7-2-1-3-8(4-7)12-6-9(11)13(14)15-12/h1-4,6,14H,11H2. The number of rotatable bonds is 1. The van der Waals surface area contributed by atoms with Crippen molar-refractivity contribution in [2.24, 2.45) is 5.73 Å². The van der Waals surface area contributed by atoms with E-state index in [4.69, 9.17) is 21.1 Å². The Kier molecular flexibility index (Phi) is 2.17. The number of hydrogen-bond donors (Lipinski definition) is 2. The maximum absolute atomic E-state index is 9.07. The molecular weight excluding hydrogens is 196 g/mol. The molecule has 6 nitrogen and oxygen atoms in total. The highest BCUT2D eigenvalue weighted by atomic mass is 17.0. The SMILES string of the molecule is N#Cc1cccc(N2C=C(N)N(O)O2)c1. The summed E-state index contributed by atoms with van der Waals surface area (Å²) in [7, 11) is 0. The zero-order valence-corrected chi connectivity index (χ0v) is 7.66. The van der Waals surface area contributed by atoms with Gasteiger partial charge in [0.15, 0.2) is 5.82 Å². The van der Waals surface area contributed by atoms with Crippen LogP contribution < -0.4 is 10.8 Å². The van der Waals surface area contributed by atoms with Gasteiger partial charge < -0.3 is 5.73 Å². The highest BCUT2D eigenvalue weighted by Crippen LogP contribution is 2.22. The molecular formula is C9H8N4O2. The Balaban J connectivity index is 2.29. The smallest absolute Gasteiger partial charge is 0.176 e. The van der Waals surface area contributed by atoms with Crippen LogP contribution >= 0.6 is 0 Å². The summed E-state index contributed by atoms with van der Waals surface area (Å²) in [5, 5.41) is 19.5. The minimum atomic E-state index is 0.0670. The number of hydroxylamine groups is 3. The molecule has 0 aliphatic carbocycles. The fourth-order valence-corrected chi connectivity index (χ4v) is 1.16. The molecule has 0 spiro atoms. The molecule has 1 aromatic rings. The van der Waals surface area contributed by atoms with E-state index in [-0.39, 0.29) is 5.82 Å². The average Bonchev–Trinajstić information content (AvgIpc) is 2.59. The lowest BCUT2D eigenvalue weighted by Crippen LogP contribution is -2.22. The second-order valence-electron chi connectivity index (χ2n) is 2.90. The molecule has 0 aromatic heterocycles. The molecule has 1 aromatic carbocycles. The van der Waals surface area contributed by atoms with Gasteiger partial charge in [-0.25, -0.2) is 0 Å². The maximum Gasteiger partial charge on any atom is 0.176 e. The van der Waals surface area contributed by atoms with Crippen LogP contribution in [-0.2, 0) is 4.94 Å². The normalized spacial score (nSPS) is 15.1. The molecule has 2 rings (SSSR count). The van der Waals surface area contributed by atoms with Gasteiger partial charge in [-0.05, 0) is 18.2 Å². The van der Waals surface area contributed by atoms with Crippen molar-refractivity contribution in [3.8, 4) is 6.07 Å². The predicted octanol–water partition coefficient (Wildman–Crippen LogP) is 0.674. The third-order valence-corrected chi connectivity index (χ3v) is 1.87. The van der Waals surface area contributed by atoms with Crippen molar-refractivity contribution in [3.63, 3.8) is 0 Å². The van der Waals surface area contributed by atoms with E-state index in [1.165, 1.54) is 11.3 Å². The fourth-order valence-electron chi connectivity index (χ4n) is 1.16. The van der Waals surface area contributed by atoms with Crippen LogP contribution in [0, 0.1) is 11.3 Å². The van der Waals surface area contributed by atoms with Crippen molar-refractivity contribution < 1.29 is 10.1 Å². The van der Waals surface area contributed by atoms with E-state index in [0.29, 0.717) is 16.5 Å². The van der Waals surface area contributed by atoms with Gasteiger partial charge in [0.2, 0.25) is 0 Å². The molecule has 0 saturated carbocycles. The lowest BCUT2D eigenvalue weighted by molar-refractivity contribution is -0.304. The highest BCUT2D eigenvalue weighted by molar-refractivity contribution is 5.52. The quantitative estimate of drug-likeness (QED) is 0.699. The van der Waals surface area contributed by atoms with Crippen LogP contribution in [0.3, 0.4) is 0 Å². The van der Waals surface area contributed by atoms with Gasteiger partial charge in [0.25, 0.3) is 0 Å². The first kappa shape index (κ1) is 9.33. The highest BCUT2D eigenvalue weighted by Gasteiger charge is 2.20. The number of nitriles is 1. The molecule has 0 saturated heterocycles. The molecule has 1 aliphatic heterocycles. The molecule has 76 valence electrons. The van der Waals surface area contributed by atoms with Crippen molar-refractivity contribution in [2.75, 3.05) is 5.06 Å². The van der Waals surface area contributed by atoms with Crippen LogP contribution in [0.1, 0.15) is 5.56 Å². The van der Waals surface area contributed by atoms with Crippen molar-refractivity contribution in [1.82, 2.24) is 5.23 Å². The maximum atomic E-state index is 9.07. The fraction of sp³-hybridized carbons (Fsp3) is 0. The third-order valence-electron chi connectivity index (χ3n) is 1.87. The van der Waals surface area contributed by atoms with Gasteiger partial charge in [0, 0.05) is 0 Å². The number of hydrogen-bond acceptors (Lipinski definition) is 6. The zero-order chi connectivity index (χ0) is 10.8. The topological polar surface area (TPSA) is 85.8 Å². The Hall–Kier alpha value is -2.23. The molecule has 3 N–H and O–H groups in total. The molecule has 0 radical (unpaired) electrons. The number of anilines is 1. The second kappa shape index (κ2) is 3.49. The van der Waals surface area contributed by atoms with E-state index in [1.54, 1.807) is 24.3 Å². The van der Waals surface area contributed by atoms with Crippen molar-refractivity contribution in [1.29, 1.82) is 5.26 Å². The van der Waals surface area contributed by atoms with Crippen LogP contribution in [0.5, 0.6) is 0 Å². The van der Waals surface area contributed by atoms with E-state index in [9.17, 15) is 0 Å². The van der Waals surface area contributed by atoms with Gasteiger partial charge >= 0.3 is 0 Å². The molecule has 6 heteroatoms. The summed E-state index contributed by atoms with van der Waals surface area (Å²) >= 11 is 0. The van der Waals surface area contributed by atoms with Crippen LogP contribution in [0.2, 0.25) is 0 Å². The number of benzene rings is 1. The van der Waals surface area contributed by atoms with Gasteiger partial charge in [0.1, 0.15) is 0 Å². The van der Waals surface area contributed by atoms with Gasteiger partial charge in [0.05, 0.1) is 23.5 Å². The van der Waals surface area contributed by atoms with Crippen molar-refractivity contribution >= 4 is 5.69 Å². The minimum Gasteiger partial charge on any atom is -0.380 e. The van der Waals surface area contributed by atoms with Gasteiger partial charge in [-0.15, -0.1) is 4.94 Å². The summed E-state index contributed by atoms with van der Waals surface area (Å²) < 4.78 is 0. The Morgan fingerprint density at radius 3 is 2.87 bits per heavy atom. The molecule has 0 bridgehead atoms. The largest absolute Gasteiger partial charge is 0.380 e. The Bertz CT molecular complexity index is 452. The monoisotopic (exact) mass is 204 g/mol. The van der Waals surface area contributed by atoms with Crippen LogP contribution in [0.15, 0.2) is 36.3 Å². The van der Waals surface area contributed by atoms with Gasteiger partial charge in [-0.3, -0.25) is 5.21 Å². The van der Waals surface area contributed by atoms with Crippen LogP contribution in [-0.4, -0.2) is 10.4 Å². The first-order valence-corrected chi connectivity index (χ1v) is 4.14. The van der Waals surface area contributed by atoms with E-state index < -0.39 is 0 Å². The second-order valence-corrected chi connectivity index (χ2v) is 2.90. The molecule has 0 fully saturated rings. The lowest BCUT2D eigenvalue weighted by atomic mass is 10.2. The molecule has 0 unspecified atom stereocenters. The summed E-state index contributed by atoms with van der Waals surface area (Å²) in [5.74, 6) is 0.0670. The predicted molar refractivity (Wildman–Crippen MR) is 50.6 cm³/mol. The number of nitrogens with zero attached hydrogens (tertiary/aromatic N) is 3. The zero-order valence-electron chi connectivity index (χ0n) is 7.66. The van der Waals surface area contributed by atoms with E-state index >= 15 is 0 Å². The van der Waals surface area contributed by atoms with E-state index in [2.05, 4.69) is 0 Å². The van der Waals surface area contributed by atoms with Gasteiger partial charge in [-0.2, -0.15) is 10.3 Å². The molecule has 0 atom stereocenters. The van der Waals surface area contributed by atoms with Crippen LogP contribution in [0.25, 0.3) is 0 Å². The molecule has 1 heterocycles. The van der Waals surface area contributed by atoms with Crippen molar-refractivity contribution in [3.05, 3.63) is 41.8 Å². The van der Waals surface area contributed by atoms with Gasteiger partial charge in [-0.1, -0.05) is 11.3 Å². The van der Waals surface area contributed by atoms with Crippen molar-refractivity contribution in [2.45, 2.75) is 0 Å². The Labute approximate surface area is 85.9 Å². The third kappa shape index (κ3) is 1.69. The Morgan fingerprint density at radius 2 is 2.27 bits per heavy atom.